The summed E-state index contributed by atoms with van der Waals surface area (Å²) >= 11 is 2.18. The van der Waals surface area contributed by atoms with E-state index < -0.39 is 18.3 Å². The molecule has 0 aromatic carbocycles. The Bertz CT molecular complexity index is 361. The summed E-state index contributed by atoms with van der Waals surface area (Å²) in [5, 5.41) is 30.2. The second kappa shape index (κ2) is 21.3. The molecule has 0 aromatic rings. The van der Waals surface area contributed by atoms with Crippen LogP contribution in [0.2, 0.25) is 0 Å². The van der Waals surface area contributed by atoms with Gasteiger partial charge in [-0.3, -0.25) is 0 Å². The zero-order valence-electron chi connectivity index (χ0n) is 16.3. The summed E-state index contributed by atoms with van der Waals surface area (Å²) < 4.78 is 1.51. The molecule has 0 heterocycles. The van der Waals surface area contributed by atoms with Crippen molar-refractivity contribution in [1.29, 1.82) is 0 Å². The van der Waals surface area contributed by atoms with E-state index in [1.54, 1.807) is 39.0 Å². The molecule has 0 N–H and O–H groups in total. The van der Waals surface area contributed by atoms with Gasteiger partial charge >= 0.3 is 55.4 Å². The average Bonchev–Trinajstić information content (AvgIpc) is 2.84. The van der Waals surface area contributed by atoms with E-state index in [0.717, 1.165) is 0 Å². The molecular weight excluding hydrogens is 348 g/mol. The van der Waals surface area contributed by atoms with Crippen molar-refractivity contribution in [2.24, 2.45) is 0 Å². The first-order valence-corrected chi connectivity index (χ1v) is 9.28. The molecule has 140 valence electrons. The van der Waals surface area contributed by atoms with Crippen molar-refractivity contribution in [2.75, 3.05) is 0 Å². The molecule has 3 unspecified atom stereocenters. The van der Waals surface area contributed by atoms with E-state index in [4.69, 9.17) is 0 Å². The third kappa shape index (κ3) is 31.6. The molecule has 0 saturated heterocycles. The van der Waals surface area contributed by atoms with Crippen molar-refractivity contribution >= 4 is 0 Å². The van der Waals surface area contributed by atoms with Gasteiger partial charge in [0.2, 0.25) is 0 Å². The normalized spacial score (nSPS) is 15.2. The first-order valence-electron chi connectivity index (χ1n) is 8.50. The Morgan fingerprint density at radius 2 is 1.24 bits per heavy atom. The fraction of sp³-hybridized carbons (Fsp3) is 0.524. The summed E-state index contributed by atoms with van der Waals surface area (Å²) in [6.07, 6.45) is 10.8. The Kier molecular flexibility index (Phi) is 24.8. The molecule has 0 aliphatic heterocycles. The van der Waals surface area contributed by atoms with E-state index in [-0.39, 0.29) is 0 Å². The Hall–Kier alpha value is -0.706. The molecule has 3 nitrogen and oxygen atoms in total. The summed E-state index contributed by atoms with van der Waals surface area (Å²) in [5.74, 6) is 0. The van der Waals surface area contributed by atoms with Crippen LogP contribution < -0.4 is 15.3 Å². The molecule has 0 fully saturated rings. The first-order chi connectivity index (χ1) is 11.6. The maximum absolute atomic E-state index is 10.1. The van der Waals surface area contributed by atoms with Gasteiger partial charge in [0.15, 0.2) is 0 Å². The van der Waals surface area contributed by atoms with Crippen molar-refractivity contribution in [3.8, 4) is 0 Å². The van der Waals surface area contributed by atoms with Gasteiger partial charge in [-0.05, 0) is 19.3 Å². The van der Waals surface area contributed by atoms with Gasteiger partial charge in [-0.25, -0.2) is 0 Å². The van der Waals surface area contributed by atoms with E-state index in [1.165, 1.54) is 15.9 Å². The van der Waals surface area contributed by atoms with Crippen LogP contribution in [-0.2, 0) is 20.4 Å². The third-order valence-corrected chi connectivity index (χ3v) is 3.60. The zero-order valence-corrected chi connectivity index (χ0v) is 17.9. The predicted molar refractivity (Wildman–Crippen MR) is 99.3 cm³/mol. The van der Waals surface area contributed by atoms with Crippen molar-refractivity contribution < 1.29 is 35.8 Å². The number of rotatable bonds is 6. The van der Waals surface area contributed by atoms with Crippen LogP contribution in [0.4, 0.5) is 0 Å². The van der Waals surface area contributed by atoms with Gasteiger partial charge in [0.1, 0.15) is 0 Å². The number of allylic oxidation sites excluding steroid dienone is 4. The molecule has 0 radical (unpaired) electrons. The van der Waals surface area contributed by atoms with Crippen molar-refractivity contribution in [3.05, 3.63) is 59.6 Å². The summed E-state index contributed by atoms with van der Waals surface area (Å²) in [7, 11) is 0. The minimum absolute atomic E-state index is 0.470. The molecule has 0 spiro atoms. The van der Waals surface area contributed by atoms with Gasteiger partial charge in [-0.2, -0.15) is 0 Å². The Labute approximate surface area is 167 Å². The van der Waals surface area contributed by atoms with E-state index in [9.17, 15) is 15.3 Å². The summed E-state index contributed by atoms with van der Waals surface area (Å²) in [6, 6.07) is 0. The fourth-order valence-corrected chi connectivity index (χ4v) is 1.63. The summed E-state index contributed by atoms with van der Waals surface area (Å²) in [6.45, 7) is 17.2. The van der Waals surface area contributed by atoms with Crippen LogP contribution in [0.1, 0.15) is 53.4 Å². The first kappa shape index (κ1) is 29.1. The molecule has 4 heteroatoms. The van der Waals surface area contributed by atoms with Gasteiger partial charge in [-0.15, -0.1) is 38.0 Å². The third-order valence-electron chi connectivity index (χ3n) is 2.66. The molecule has 0 bridgehead atoms. The second-order valence-electron chi connectivity index (χ2n) is 5.77. The molecule has 0 amide bonds. The zero-order chi connectivity index (χ0) is 20.3. The molecule has 1 aliphatic carbocycles. The fourth-order valence-electron chi connectivity index (χ4n) is 1.32. The summed E-state index contributed by atoms with van der Waals surface area (Å²) in [4.78, 5) is 0. The van der Waals surface area contributed by atoms with Gasteiger partial charge < -0.3 is 15.3 Å². The van der Waals surface area contributed by atoms with E-state index >= 15 is 0 Å². The van der Waals surface area contributed by atoms with Crippen LogP contribution in [0.15, 0.2) is 59.6 Å². The minimum atomic E-state index is -0.470. The van der Waals surface area contributed by atoms with Crippen LogP contribution in [-0.4, -0.2) is 18.3 Å². The van der Waals surface area contributed by atoms with Crippen LogP contribution in [0.25, 0.3) is 0 Å². The van der Waals surface area contributed by atoms with Crippen LogP contribution in [0.5, 0.6) is 0 Å². The topological polar surface area (TPSA) is 69.2 Å². The van der Waals surface area contributed by atoms with Crippen molar-refractivity contribution in [3.63, 3.8) is 0 Å². The molecule has 0 saturated carbocycles. The number of hydrogen-bond acceptors (Lipinski definition) is 3. The van der Waals surface area contributed by atoms with Crippen molar-refractivity contribution in [2.45, 2.75) is 71.7 Å². The molecule has 3 atom stereocenters. The SMILES string of the molecule is C=CCC(C)[O-].C=CCC(C)[O-].C=CCC(C)[O-].CC1=[C]([Ti+3])CC=C1. The Balaban J connectivity index is -0.000000259. The van der Waals surface area contributed by atoms with E-state index in [1.807, 2.05) is 0 Å². The van der Waals surface area contributed by atoms with E-state index in [2.05, 4.69) is 59.2 Å². The van der Waals surface area contributed by atoms with Gasteiger partial charge in [-0.1, -0.05) is 39.0 Å². The van der Waals surface area contributed by atoms with Gasteiger partial charge in [0.25, 0.3) is 0 Å². The van der Waals surface area contributed by atoms with Crippen molar-refractivity contribution in [1.82, 2.24) is 0 Å². The van der Waals surface area contributed by atoms with E-state index in [0.29, 0.717) is 19.3 Å². The standard InChI is InChI=1S/C6H7.3C5H9O.Ti/c1-6-4-2-3-5-6;3*1-3-4-5(2)6;/h2,4H,3H2,1H3;3*3,5H,1,4H2,2H3;/q;3*-1;+3. The molecule has 1 rings (SSSR count). The van der Waals surface area contributed by atoms with Crippen LogP contribution in [0, 0.1) is 0 Å². The van der Waals surface area contributed by atoms with Crippen LogP contribution in [0.3, 0.4) is 0 Å². The quantitative estimate of drug-likeness (QED) is 0.524. The molecule has 0 aromatic heterocycles. The maximum atomic E-state index is 10.1. The Morgan fingerprint density at radius 1 is 0.920 bits per heavy atom. The molecule has 1 aliphatic rings. The van der Waals surface area contributed by atoms with Crippen LogP contribution >= 0.6 is 0 Å². The average molecular weight is 382 g/mol. The molecular formula is C21H34O3Ti. The second-order valence-corrected chi connectivity index (χ2v) is 6.72. The van der Waals surface area contributed by atoms with Gasteiger partial charge in [0, 0.05) is 0 Å². The monoisotopic (exact) mass is 382 g/mol. The molecule has 25 heavy (non-hydrogen) atoms. The predicted octanol–water partition coefficient (Wildman–Crippen LogP) is 2.70. The number of hydrogen-bond donors (Lipinski definition) is 0. The summed E-state index contributed by atoms with van der Waals surface area (Å²) in [5.41, 5.74) is 1.44. The van der Waals surface area contributed by atoms with Gasteiger partial charge in [0.05, 0.1) is 0 Å². The Morgan fingerprint density at radius 3 is 1.28 bits per heavy atom.